The Kier molecular flexibility index (Phi) is 3.93. The van der Waals surface area contributed by atoms with Gasteiger partial charge in [-0.25, -0.2) is 0 Å². The zero-order chi connectivity index (χ0) is 17.2. The second-order valence-electron chi connectivity index (χ2n) is 5.89. The van der Waals surface area contributed by atoms with Crippen molar-refractivity contribution in [2.24, 2.45) is 0 Å². The second kappa shape index (κ2) is 6.39. The van der Waals surface area contributed by atoms with E-state index >= 15 is 0 Å². The number of ether oxygens (including phenoxy) is 1. The zero-order valence-electron chi connectivity index (χ0n) is 13.8. The van der Waals surface area contributed by atoms with Crippen LogP contribution in [-0.4, -0.2) is 34.2 Å². The van der Waals surface area contributed by atoms with E-state index in [0.29, 0.717) is 37.0 Å². The lowest BCUT2D eigenvalue weighted by Crippen LogP contribution is -2.32. The predicted molar refractivity (Wildman–Crippen MR) is 91.1 cm³/mol. The van der Waals surface area contributed by atoms with Gasteiger partial charge >= 0.3 is 0 Å². The monoisotopic (exact) mass is 335 g/mol. The molecule has 6 heteroatoms. The number of amides is 1. The predicted octanol–water partition coefficient (Wildman–Crippen LogP) is 3.08. The number of fused-ring (bicyclic) bond motifs is 1. The second-order valence-corrected chi connectivity index (χ2v) is 5.89. The van der Waals surface area contributed by atoms with E-state index in [0.717, 1.165) is 16.9 Å². The molecule has 4 rings (SSSR count). The number of rotatable bonds is 2. The lowest BCUT2D eigenvalue weighted by Gasteiger charge is -2.20. The number of carbonyl (C=O) groups is 1. The molecule has 0 radical (unpaired) electrons. The highest BCUT2D eigenvalue weighted by molar-refractivity contribution is 5.95. The Morgan fingerprint density at radius 3 is 2.84 bits per heavy atom. The smallest absolute Gasteiger partial charge is 0.254 e. The van der Waals surface area contributed by atoms with E-state index in [1.54, 1.807) is 24.0 Å². The molecular formula is C19H17N3O3. The van der Waals surface area contributed by atoms with Crippen molar-refractivity contribution >= 4 is 5.91 Å². The molecule has 1 aliphatic rings. The number of aromatic nitrogens is 2. The standard InChI is InChI=1S/C19H17N3O3/c1-13-20-21-18(25-13)14-6-4-7-15(11-14)19(23)22-9-10-24-17-8-3-2-5-16(17)12-22/h2-8,11H,9-10,12H2,1H3. The van der Waals surface area contributed by atoms with Crippen LogP contribution in [0.2, 0.25) is 0 Å². The molecule has 1 amide bonds. The van der Waals surface area contributed by atoms with Crippen LogP contribution in [0.25, 0.3) is 11.5 Å². The summed E-state index contributed by atoms with van der Waals surface area (Å²) in [7, 11) is 0. The summed E-state index contributed by atoms with van der Waals surface area (Å²) in [5, 5.41) is 7.85. The first-order chi connectivity index (χ1) is 12.2. The highest BCUT2D eigenvalue weighted by atomic mass is 16.5. The van der Waals surface area contributed by atoms with Gasteiger partial charge < -0.3 is 14.1 Å². The van der Waals surface area contributed by atoms with Crippen LogP contribution in [0.4, 0.5) is 0 Å². The summed E-state index contributed by atoms with van der Waals surface area (Å²) >= 11 is 0. The van der Waals surface area contributed by atoms with Gasteiger partial charge in [-0.15, -0.1) is 10.2 Å². The minimum absolute atomic E-state index is 0.0432. The number of benzene rings is 2. The average Bonchev–Trinajstić information content (AvgIpc) is 2.96. The first-order valence-corrected chi connectivity index (χ1v) is 8.11. The molecule has 0 spiro atoms. The number of aryl methyl sites for hydroxylation is 1. The van der Waals surface area contributed by atoms with E-state index in [2.05, 4.69) is 10.2 Å². The molecule has 0 fully saturated rings. The third-order valence-electron chi connectivity index (χ3n) is 4.12. The Hall–Kier alpha value is -3.15. The highest BCUT2D eigenvalue weighted by Gasteiger charge is 2.21. The molecule has 0 N–H and O–H groups in total. The summed E-state index contributed by atoms with van der Waals surface area (Å²) in [5.41, 5.74) is 2.34. The molecule has 1 aromatic heterocycles. The quantitative estimate of drug-likeness (QED) is 0.720. The Morgan fingerprint density at radius 1 is 1.12 bits per heavy atom. The van der Waals surface area contributed by atoms with E-state index in [1.165, 1.54) is 0 Å². The van der Waals surface area contributed by atoms with Crippen LogP contribution >= 0.6 is 0 Å². The number of nitrogens with zero attached hydrogens (tertiary/aromatic N) is 3. The minimum atomic E-state index is -0.0432. The molecule has 126 valence electrons. The van der Waals surface area contributed by atoms with Crippen molar-refractivity contribution in [3.8, 4) is 17.2 Å². The summed E-state index contributed by atoms with van der Waals surface area (Å²) < 4.78 is 11.2. The molecule has 2 aromatic carbocycles. The largest absolute Gasteiger partial charge is 0.491 e. The third-order valence-corrected chi connectivity index (χ3v) is 4.12. The fraction of sp³-hybridized carbons (Fsp3) is 0.211. The Balaban J connectivity index is 1.61. The molecule has 6 nitrogen and oxygen atoms in total. The molecule has 0 aliphatic carbocycles. The van der Waals surface area contributed by atoms with Crippen molar-refractivity contribution in [2.45, 2.75) is 13.5 Å². The van der Waals surface area contributed by atoms with Gasteiger partial charge in [0.1, 0.15) is 12.4 Å². The van der Waals surface area contributed by atoms with E-state index in [1.807, 2.05) is 36.4 Å². The van der Waals surface area contributed by atoms with E-state index in [9.17, 15) is 4.79 Å². The summed E-state index contributed by atoms with van der Waals surface area (Å²) in [6.07, 6.45) is 0. The fourth-order valence-electron chi connectivity index (χ4n) is 2.88. The molecule has 0 saturated heterocycles. The summed E-state index contributed by atoms with van der Waals surface area (Å²) in [6.45, 7) is 3.28. The average molecular weight is 335 g/mol. The maximum absolute atomic E-state index is 13.0. The number of hydrogen-bond acceptors (Lipinski definition) is 5. The third kappa shape index (κ3) is 3.10. The van der Waals surface area contributed by atoms with Gasteiger partial charge in [0, 0.05) is 30.2 Å². The SMILES string of the molecule is Cc1nnc(-c2cccc(C(=O)N3CCOc4ccccc4C3)c2)o1. The van der Waals surface area contributed by atoms with Gasteiger partial charge in [-0.1, -0.05) is 24.3 Å². The number of hydrogen-bond donors (Lipinski definition) is 0. The number of carbonyl (C=O) groups excluding carboxylic acids is 1. The highest BCUT2D eigenvalue weighted by Crippen LogP contribution is 2.24. The first-order valence-electron chi connectivity index (χ1n) is 8.11. The van der Waals surface area contributed by atoms with Crippen molar-refractivity contribution in [3.63, 3.8) is 0 Å². The minimum Gasteiger partial charge on any atom is -0.491 e. The van der Waals surface area contributed by atoms with Gasteiger partial charge in [-0.2, -0.15) is 0 Å². The summed E-state index contributed by atoms with van der Waals surface area (Å²) in [4.78, 5) is 14.8. The van der Waals surface area contributed by atoms with Crippen LogP contribution in [0.1, 0.15) is 21.8 Å². The molecular weight excluding hydrogens is 318 g/mol. The van der Waals surface area contributed by atoms with Crippen LogP contribution < -0.4 is 4.74 Å². The van der Waals surface area contributed by atoms with Crippen LogP contribution in [0.15, 0.2) is 52.9 Å². The zero-order valence-corrected chi connectivity index (χ0v) is 13.8. The number of para-hydroxylation sites is 1. The molecule has 25 heavy (non-hydrogen) atoms. The molecule has 0 atom stereocenters. The summed E-state index contributed by atoms with van der Waals surface area (Å²) in [5.74, 6) is 1.70. The van der Waals surface area contributed by atoms with Crippen LogP contribution in [0, 0.1) is 6.92 Å². The Morgan fingerprint density at radius 2 is 2.00 bits per heavy atom. The molecule has 0 bridgehead atoms. The van der Waals surface area contributed by atoms with Crippen molar-refractivity contribution < 1.29 is 13.9 Å². The molecule has 0 unspecified atom stereocenters. The van der Waals surface area contributed by atoms with Crippen LogP contribution in [0.5, 0.6) is 5.75 Å². The van der Waals surface area contributed by atoms with E-state index in [-0.39, 0.29) is 5.91 Å². The molecule has 2 heterocycles. The summed E-state index contributed by atoms with van der Waals surface area (Å²) in [6, 6.07) is 15.1. The Labute approximate surface area is 145 Å². The first kappa shape index (κ1) is 15.4. The lowest BCUT2D eigenvalue weighted by atomic mass is 10.1. The van der Waals surface area contributed by atoms with Crippen LogP contribution in [0.3, 0.4) is 0 Å². The van der Waals surface area contributed by atoms with Gasteiger partial charge in [-0.05, 0) is 24.3 Å². The van der Waals surface area contributed by atoms with Crippen LogP contribution in [-0.2, 0) is 6.54 Å². The van der Waals surface area contributed by atoms with E-state index in [4.69, 9.17) is 9.15 Å². The van der Waals surface area contributed by atoms with E-state index < -0.39 is 0 Å². The van der Waals surface area contributed by atoms with Gasteiger partial charge in [0.25, 0.3) is 5.91 Å². The van der Waals surface area contributed by atoms with Crippen molar-refractivity contribution in [3.05, 3.63) is 65.5 Å². The Bertz CT molecular complexity index is 920. The van der Waals surface area contributed by atoms with Crippen molar-refractivity contribution in [2.75, 3.05) is 13.2 Å². The topological polar surface area (TPSA) is 68.5 Å². The van der Waals surface area contributed by atoms with Crippen molar-refractivity contribution in [1.29, 1.82) is 0 Å². The maximum atomic E-state index is 13.0. The molecule has 3 aromatic rings. The fourth-order valence-corrected chi connectivity index (χ4v) is 2.88. The lowest BCUT2D eigenvalue weighted by molar-refractivity contribution is 0.0733. The van der Waals surface area contributed by atoms with Crippen molar-refractivity contribution in [1.82, 2.24) is 15.1 Å². The van der Waals surface area contributed by atoms with Gasteiger partial charge in [0.15, 0.2) is 0 Å². The molecule has 0 saturated carbocycles. The van der Waals surface area contributed by atoms with Gasteiger partial charge in [0.2, 0.25) is 11.8 Å². The normalized spacial score (nSPS) is 13.7. The van der Waals surface area contributed by atoms with Gasteiger partial charge in [-0.3, -0.25) is 4.79 Å². The van der Waals surface area contributed by atoms with Gasteiger partial charge in [0.05, 0.1) is 6.54 Å². The maximum Gasteiger partial charge on any atom is 0.254 e. The molecule has 1 aliphatic heterocycles.